The Kier molecular flexibility index (Phi) is 7.51. The van der Waals surface area contributed by atoms with E-state index in [2.05, 4.69) is 169 Å². The summed E-state index contributed by atoms with van der Waals surface area (Å²) in [5.41, 5.74) is 14.5. The van der Waals surface area contributed by atoms with Gasteiger partial charge in [0.25, 0.3) is 0 Å². The van der Waals surface area contributed by atoms with Crippen molar-refractivity contribution in [1.29, 1.82) is 0 Å². The van der Waals surface area contributed by atoms with Gasteiger partial charge in [-0.25, -0.2) is 28.7 Å². The van der Waals surface area contributed by atoms with Crippen molar-refractivity contribution in [2.45, 2.75) is 0 Å². The van der Waals surface area contributed by atoms with Crippen molar-refractivity contribution in [2.75, 3.05) is 7.05 Å². The van der Waals surface area contributed by atoms with Crippen LogP contribution in [-0.2, 0) is 21.1 Å². The highest BCUT2D eigenvalue weighted by Crippen LogP contribution is 2.36. The molecular formula is C44H36N8+2. The van der Waals surface area contributed by atoms with Gasteiger partial charge in [0, 0.05) is 55.2 Å². The van der Waals surface area contributed by atoms with E-state index in [0.717, 1.165) is 90.7 Å². The van der Waals surface area contributed by atoms with Crippen molar-refractivity contribution in [1.82, 2.24) is 9.88 Å². The van der Waals surface area contributed by atoms with Crippen molar-refractivity contribution < 1.29 is 13.7 Å². The number of allylic oxidation sites excluding steroid dienone is 11. The Balaban J connectivity index is 1.40. The maximum atomic E-state index is 5.38. The summed E-state index contributed by atoms with van der Waals surface area (Å²) in [6.45, 7) is 0. The third kappa shape index (κ3) is 5.24. The van der Waals surface area contributed by atoms with Crippen molar-refractivity contribution in [3.05, 3.63) is 203 Å². The summed E-state index contributed by atoms with van der Waals surface area (Å²) < 4.78 is 6.37. The van der Waals surface area contributed by atoms with Gasteiger partial charge in [0.15, 0.2) is 18.6 Å². The minimum Gasteiger partial charge on any atom is -0.656 e. The maximum absolute atomic E-state index is 5.38. The highest BCUT2D eigenvalue weighted by atomic mass is 15.1. The van der Waals surface area contributed by atoms with Gasteiger partial charge in [-0.05, 0) is 66.8 Å². The summed E-state index contributed by atoms with van der Waals surface area (Å²) in [6.07, 6.45) is 27.1. The van der Waals surface area contributed by atoms with E-state index in [1.165, 1.54) is 0 Å². The zero-order valence-corrected chi connectivity index (χ0v) is 29.4. The predicted molar refractivity (Wildman–Crippen MR) is 204 cm³/mol. The van der Waals surface area contributed by atoms with Crippen LogP contribution in [0.15, 0.2) is 190 Å². The Morgan fingerprint density at radius 3 is 1.38 bits per heavy atom. The number of hydrogen-bond donors (Lipinski definition) is 0. The molecule has 0 aromatic carbocycles. The van der Waals surface area contributed by atoms with Gasteiger partial charge in [0.2, 0.25) is 17.1 Å². The Morgan fingerprint density at radius 2 is 0.923 bits per heavy atom. The second-order valence-electron chi connectivity index (χ2n) is 13.1. The second-order valence-corrected chi connectivity index (χ2v) is 13.1. The first-order chi connectivity index (χ1) is 25.4. The van der Waals surface area contributed by atoms with E-state index >= 15 is 0 Å². The molecule has 0 N–H and O–H groups in total. The third-order valence-electron chi connectivity index (χ3n) is 9.85. The lowest BCUT2D eigenvalue weighted by atomic mass is 10.0. The molecule has 5 aliphatic heterocycles. The van der Waals surface area contributed by atoms with Gasteiger partial charge < -0.3 is 9.88 Å². The number of likely N-dealkylation sites (N-methyl/N-ethyl adjacent to an activating group) is 1. The topological polar surface area (TPSA) is 66.1 Å². The molecule has 4 aromatic heterocycles. The minimum absolute atomic E-state index is 0.834. The van der Waals surface area contributed by atoms with Crippen LogP contribution in [0.25, 0.3) is 16.7 Å². The molecule has 0 saturated carbocycles. The van der Waals surface area contributed by atoms with Gasteiger partial charge in [-0.15, -0.1) is 11.4 Å². The molecule has 0 unspecified atom stereocenters. The van der Waals surface area contributed by atoms with Crippen molar-refractivity contribution in [3.63, 3.8) is 0 Å². The lowest BCUT2D eigenvalue weighted by Gasteiger charge is -2.22. The van der Waals surface area contributed by atoms with Gasteiger partial charge in [0.05, 0.1) is 56.6 Å². The Morgan fingerprint density at radius 1 is 0.481 bits per heavy atom. The second kappa shape index (κ2) is 12.5. The number of pyridine rings is 3. The van der Waals surface area contributed by atoms with Gasteiger partial charge in [-0.3, -0.25) is 0 Å². The van der Waals surface area contributed by atoms with Crippen LogP contribution in [0, 0.1) is 0 Å². The van der Waals surface area contributed by atoms with Crippen LogP contribution >= 0.6 is 0 Å². The van der Waals surface area contributed by atoms with E-state index < -0.39 is 0 Å². The van der Waals surface area contributed by atoms with Crippen molar-refractivity contribution in [2.24, 2.45) is 36.1 Å². The zero-order chi connectivity index (χ0) is 35.3. The molecule has 5 aliphatic rings. The molecule has 0 radical (unpaired) electrons. The van der Waals surface area contributed by atoms with Gasteiger partial charge in [-0.1, -0.05) is 18.2 Å². The van der Waals surface area contributed by atoms with Crippen LogP contribution in [0.5, 0.6) is 0 Å². The van der Waals surface area contributed by atoms with E-state index in [1.54, 1.807) is 0 Å². The highest BCUT2D eigenvalue weighted by Gasteiger charge is 2.30. The summed E-state index contributed by atoms with van der Waals surface area (Å²) in [5.74, 6) is 0. The average molecular weight is 677 g/mol. The van der Waals surface area contributed by atoms with Crippen LogP contribution in [0.1, 0.15) is 28.5 Å². The molecule has 0 atom stereocenters. The number of aryl methyl sites for hydroxylation is 3. The van der Waals surface area contributed by atoms with E-state index in [-0.39, 0.29) is 0 Å². The molecule has 0 fully saturated rings. The monoisotopic (exact) mass is 676 g/mol. The van der Waals surface area contributed by atoms with Gasteiger partial charge in [-0.2, -0.15) is 0 Å². The first kappa shape index (κ1) is 31.2. The molecule has 0 spiro atoms. The molecule has 0 aliphatic carbocycles. The summed E-state index contributed by atoms with van der Waals surface area (Å²) in [6, 6.07) is 22.9. The fourth-order valence-electron chi connectivity index (χ4n) is 7.27. The Labute approximate surface area is 302 Å². The van der Waals surface area contributed by atoms with E-state index in [4.69, 9.17) is 20.0 Å². The van der Waals surface area contributed by atoms with Crippen molar-refractivity contribution >= 4 is 33.9 Å². The summed E-state index contributed by atoms with van der Waals surface area (Å²) in [5, 5.41) is 0. The number of rotatable bonds is 3. The summed E-state index contributed by atoms with van der Waals surface area (Å²) in [7, 11) is 8.24. The predicted octanol–water partition coefficient (Wildman–Crippen LogP) is 5.36. The quantitative estimate of drug-likeness (QED) is 0.275. The maximum Gasteiger partial charge on any atom is 0.216 e. The fraction of sp³-hybridized carbons (Fsp3) is 0.0909. The van der Waals surface area contributed by atoms with E-state index in [1.807, 2.05) is 24.3 Å². The molecule has 0 saturated heterocycles. The number of hydrogen-bond acceptors (Lipinski definition) is 4. The molecule has 9 heterocycles. The molecular weight excluding hydrogens is 641 g/mol. The number of fused-ring (bicyclic) bond motifs is 5. The molecule has 4 aromatic rings. The van der Waals surface area contributed by atoms with Crippen LogP contribution in [-0.4, -0.2) is 29.1 Å². The molecule has 8 bridgehead atoms. The number of aliphatic imine (C=N–C) groups is 3. The highest BCUT2D eigenvalue weighted by molar-refractivity contribution is 6.36. The molecule has 9 rings (SSSR count). The van der Waals surface area contributed by atoms with Crippen LogP contribution in [0.3, 0.4) is 0 Å². The van der Waals surface area contributed by atoms with Gasteiger partial charge >= 0.3 is 0 Å². The zero-order valence-electron chi connectivity index (χ0n) is 29.4. The minimum atomic E-state index is 0.834. The lowest BCUT2D eigenvalue weighted by molar-refractivity contribution is -0.673. The van der Waals surface area contributed by atoms with Gasteiger partial charge in [0.1, 0.15) is 21.1 Å². The van der Waals surface area contributed by atoms with Crippen LogP contribution < -0.4 is 18.7 Å². The van der Waals surface area contributed by atoms with E-state index in [0.29, 0.717) is 0 Å². The standard InChI is InChI=1S/C44H36N8/c1-49-25-9-5-13-37(49)41-29-17-19-31(45-29)42(38-14-6-10-26-50(38)2)33-21-23-35(47-33)44(40-16-8-12-28-52(40)4)36-24-22-34(48-36)43(32-20-18-30(41)46-32)39-15-7-11-27-51(39)3/h5-28H,1-4H3/q+2. The number of aromatic nitrogens is 4. The molecule has 8 heteroatoms. The fourth-order valence-corrected chi connectivity index (χ4v) is 7.27. The molecule has 8 nitrogen and oxygen atoms in total. The SMILES string of the molecule is CN1C=CC=CC1=C1C2=NC(=C(c3cccc[n+]3C)C3=NC(=C(c4cccc[n+]4C)c4ccc([n-]4)C(c4cccc[n+]4C)=C4C=CC1=N4)C=C3)C=C2. The first-order valence-electron chi connectivity index (χ1n) is 17.3. The molecule has 250 valence electrons. The third-order valence-corrected chi connectivity index (χ3v) is 9.85. The van der Waals surface area contributed by atoms with Crippen LogP contribution in [0.2, 0.25) is 0 Å². The Bertz CT molecular complexity index is 2600. The summed E-state index contributed by atoms with van der Waals surface area (Å²) >= 11 is 0. The van der Waals surface area contributed by atoms with E-state index in [9.17, 15) is 0 Å². The summed E-state index contributed by atoms with van der Waals surface area (Å²) in [4.78, 5) is 23.7. The van der Waals surface area contributed by atoms with Crippen LogP contribution in [0.4, 0.5) is 0 Å². The normalized spacial score (nSPS) is 19.0. The first-order valence-corrected chi connectivity index (χ1v) is 17.3. The molecule has 0 amide bonds. The number of nitrogens with zero attached hydrogens (tertiary/aromatic N) is 8. The van der Waals surface area contributed by atoms with Crippen molar-refractivity contribution in [3.8, 4) is 0 Å². The molecule has 52 heavy (non-hydrogen) atoms. The smallest absolute Gasteiger partial charge is 0.216 e. The lowest BCUT2D eigenvalue weighted by Crippen LogP contribution is -2.33. The Hall–Kier alpha value is -6.80. The average Bonchev–Trinajstić information content (AvgIpc) is 3.99. The largest absolute Gasteiger partial charge is 0.656 e.